The number of benzene rings is 1. The van der Waals surface area contributed by atoms with E-state index in [4.69, 9.17) is 36.3 Å². The Kier molecular flexibility index (Phi) is 16.9. The molecule has 0 aliphatic carbocycles. The number of rotatable bonds is 15. The molecule has 1 aromatic rings. The topological polar surface area (TPSA) is 73.8 Å². The summed E-state index contributed by atoms with van der Waals surface area (Å²) in [6.07, 6.45) is -3.70. The molecule has 0 saturated carbocycles. The van der Waals surface area contributed by atoms with Crippen LogP contribution >= 0.6 is 0 Å². The summed E-state index contributed by atoms with van der Waals surface area (Å²) >= 11 is 0. The predicted octanol–water partition coefficient (Wildman–Crippen LogP) is 13.3. The Morgan fingerprint density at radius 3 is 1.05 bits per heavy atom. The Morgan fingerprint density at radius 1 is 0.417 bits per heavy atom. The Morgan fingerprint density at radius 2 is 0.717 bits per heavy atom. The lowest BCUT2D eigenvalue weighted by molar-refractivity contribution is -0.315. The van der Waals surface area contributed by atoms with Crippen LogP contribution in [-0.2, 0) is 42.9 Å². The Labute approximate surface area is 375 Å². The van der Waals surface area contributed by atoms with Crippen LogP contribution in [0.25, 0.3) is 0 Å². The molecule has 8 atom stereocenters. The second kappa shape index (κ2) is 18.7. The van der Waals surface area contributed by atoms with E-state index in [-0.39, 0.29) is 25.2 Å². The molecule has 0 unspecified atom stereocenters. The van der Waals surface area contributed by atoms with Crippen molar-refractivity contribution in [1.82, 2.24) is 0 Å². The summed E-state index contributed by atoms with van der Waals surface area (Å²) < 4.78 is 59.5. The van der Waals surface area contributed by atoms with E-state index in [0.29, 0.717) is 19.8 Å². The van der Waals surface area contributed by atoms with Crippen molar-refractivity contribution in [2.24, 2.45) is 0 Å². The third-order valence-corrected chi connectivity index (χ3v) is 38.3. The van der Waals surface area contributed by atoms with Crippen molar-refractivity contribution in [1.29, 1.82) is 0 Å². The maximum Gasteiger partial charge on any atom is 0.192 e. The Balaban J connectivity index is 2.39. The zero-order chi connectivity index (χ0) is 46.5. The molecular weight excluding hydrogens is 833 g/mol. The van der Waals surface area contributed by atoms with Crippen molar-refractivity contribution in [3.63, 3.8) is 0 Å². The lowest BCUT2D eigenvalue weighted by Gasteiger charge is -2.58. The van der Waals surface area contributed by atoms with Gasteiger partial charge in [-0.2, -0.15) is 0 Å². The standard InChI is InChI=1S/C47H94O8Si5/c1-43(2,3)56(16,17)49-32-35-37(53-58(20,21)45(7,8)9)39(48-31-34-29-27-26-28-30-34)40-41(52-35)42(55-60(24,25)47(13,14)15)38(54-59(22,23)46(10,11)12)36(51-40)33-50-57(18,19)44(4,5)6/h26-30,35-42H,31-33H2,1-25H3/t35-,36+,37-,38+,39+,40-,41-,42-/m1/s1. The average molecular weight is 928 g/mol. The molecule has 2 fully saturated rings. The SMILES string of the molecule is CC(C)(C)[Si](C)(C)OC[C@@H]1O[C@H]2[C@@H](O[C@H](CO[Si](C)(C)C(C)(C)C)[C@@H](O[Si](C)(C)C(C)(C)C)[C@@H]2OCc2ccccc2)[C@H](O[Si](C)(C)C(C)(C)C)[C@H]1O[Si](C)(C)C(C)(C)C. The molecule has 2 saturated heterocycles. The third kappa shape index (κ3) is 12.9. The second-order valence-electron chi connectivity index (χ2n) is 25.7. The van der Waals surface area contributed by atoms with E-state index in [1.165, 1.54) is 0 Å². The van der Waals surface area contributed by atoms with Crippen LogP contribution in [0.1, 0.15) is 109 Å². The van der Waals surface area contributed by atoms with Gasteiger partial charge in [-0.25, -0.2) is 0 Å². The largest absolute Gasteiger partial charge is 0.414 e. The van der Waals surface area contributed by atoms with Gasteiger partial charge < -0.3 is 36.3 Å². The van der Waals surface area contributed by atoms with Crippen molar-refractivity contribution in [2.75, 3.05) is 13.2 Å². The van der Waals surface area contributed by atoms with Crippen LogP contribution < -0.4 is 0 Å². The minimum Gasteiger partial charge on any atom is -0.414 e. The van der Waals surface area contributed by atoms with E-state index in [0.717, 1.165) is 5.56 Å². The fourth-order valence-electron chi connectivity index (χ4n) is 6.25. The maximum absolute atomic E-state index is 7.73. The first-order valence-electron chi connectivity index (χ1n) is 22.9. The van der Waals surface area contributed by atoms with Crippen LogP contribution in [0.15, 0.2) is 30.3 Å². The summed E-state index contributed by atoms with van der Waals surface area (Å²) in [6.45, 7) is 58.9. The minimum absolute atomic E-state index is 0.0184. The quantitative estimate of drug-likeness (QED) is 0.161. The molecule has 0 spiro atoms. The van der Waals surface area contributed by atoms with Gasteiger partial charge in [-0.1, -0.05) is 134 Å². The van der Waals surface area contributed by atoms with E-state index in [1.54, 1.807) is 0 Å². The molecule has 3 rings (SSSR count). The summed E-state index contributed by atoms with van der Waals surface area (Å²) in [5, 5.41) is -0.128. The average Bonchev–Trinajstić information content (AvgIpc) is 3.04. The zero-order valence-electron chi connectivity index (χ0n) is 43.4. The van der Waals surface area contributed by atoms with Gasteiger partial charge in [-0.15, -0.1) is 0 Å². The van der Waals surface area contributed by atoms with Gasteiger partial charge in [0.25, 0.3) is 0 Å². The maximum atomic E-state index is 7.73. The number of ether oxygens (including phenoxy) is 3. The number of fused-ring (bicyclic) bond motifs is 1. The smallest absolute Gasteiger partial charge is 0.192 e. The lowest BCUT2D eigenvalue weighted by atomic mass is 9.86. The van der Waals surface area contributed by atoms with Gasteiger partial charge in [0.2, 0.25) is 0 Å². The molecular formula is C47H94O8Si5. The molecule has 1 aromatic carbocycles. The molecule has 60 heavy (non-hydrogen) atoms. The fourth-order valence-corrected chi connectivity index (χ4v) is 12.2. The summed E-state index contributed by atoms with van der Waals surface area (Å²) in [7, 11) is -11.6. The van der Waals surface area contributed by atoms with Crippen molar-refractivity contribution in [3.8, 4) is 0 Å². The molecule has 0 aromatic heterocycles. The first-order valence-corrected chi connectivity index (χ1v) is 37.5. The molecule has 13 heteroatoms. The third-order valence-electron chi connectivity index (χ3n) is 15.8. The Hall–Kier alpha value is -0.0156. The molecule has 8 nitrogen and oxygen atoms in total. The predicted molar refractivity (Wildman–Crippen MR) is 265 cm³/mol. The molecule has 2 heterocycles. The summed E-state index contributed by atoms with van der Waals surface area (Å²) in [6, 6.07) is 10.4. The highest BCUT2D eigenvalue weighted by molar-refractivity contribution is 6.75. The van der Waals surface area contributed by atoms with E-state index in [2.05, 4.69) is 194 Å². The van der Waals surface area contributed by atoms with Gasteiger partial charge in [0.05, 0.1) is 19.8 Å². The highest BCUT2D eigenvalue weighted by Gasteiger charge is 2.62. The normalized spacial score (nSPS) is 27.2. The van der Waals surface area contributed by atoms with Crippen LogP contribution in [0.3, 0.4) is 0 Å². The molecule has 0 amide bonds. The van der Waals surface area contributed by atoms with Crippen LogP contribution in [0.2, 0.25) is 90.7 Å². The van der Waals surface area contributed by atoms with Crippen LogP contribution in [0.4, 0.5) is 0 Å². The molecule has 350 valence electrons. The van der Waals surface area contributed by atoms with E-state index >= 15 is 0 Å². The van der Waals surface area contributed by atoms with Crippen molar-refractivity contribution in [2.45, 2.75) is 250 Å². The first kappa shape index (κ1) is 54.3. The molecule has 2 aliphatic heterocycles. The van der Waals surface area contributed by atoms with E-state index in [9.17, 15) is 0 Å². The van der Waals surface area contributed by atoms with Crippen molar-refractivity contribution in [3.05, 3.63) is 35.9 Å². The Bertz CT molecular complexity index is 1520. The van der Waals surface area contributed by atoms with Gasteiger partial charge >= 0.3 is 0 Å². The van der Waals surface area contributed by atoms with Crippen LogP contribution in [-0.4, -0.2) is 104 Å². The van der Waals surface area contributed by atoms with Gasteiger partial charge in [-0.05, 0) is 96.2 Å². The number of hydrogen-bond donors (Lipinski definition) is 0. The second-order valence-corrected chi connectivity index (χ2v) is 49.6. The lowest BCUT2D eigenvalue weighted by Crippen LogP contribution is -2.74. The van der Waals surface area contributed by atoms with Crippen molar-refractivity contribution < 1.29 is 36.3 Å². The molecule has 0 radical (unpaired) electrons. The fraction of sp³-hybridized carbons (Fsp3) is 0.872. The molecule has 0 N–H and O–H groups in total. The van der Waals surface area contributed by atoms with Crippen LogP contribution in [0.5, 0.6) is 0 Å². The zero-order valence-corrected chi connectivity index (χ0v) is 48.4. The summed E-state index contributed by atoms with van der Waals surface area (Å²) in [5.41, 5.74) is 1.10. The van der Waals surface area contributed by atoms with Crippen molar-refractivity contribution >= 4 is 41.6 Å². The van der Waals surface area contributed by atoms with Crippen LogP contribution in [0, 0.1) is 0 Å². The highest BCUT2D eigenvalue weighted by Crippen LogP contribution is 2.48. The minimum atomic E-state index is -2.44. The van der Waals surface area contributed by atoms with Gasteiger partial charge in [0.15, 0.2) is 41.6 Å². The van der Waals surface area contributed by atoms with E-state index in [1.807, 2.05) is 6.07 Å². The molecule has 0 bridgehead atoms. The highest BCUT2D eigenvalue weighted by atomic mass is 28.4. The summed E-state index contributed by atoms with van der Waals surface area (Å²) in [5.74, 6) is 0. The molecule has 2 aliphatic rings. The van der Waals surface area contributed by atoms with Gasteiger partial charge in [-0.3, -0.25) is 0 Å². The van der Waals surface area contributed by atoms with Gasteiger partial charge in [0, 0.05) is 0 Å². The number of hydrogen-bond acceptors (Lipinski definition) is 8. The van der Waals surface area contributed by atoms with E-state index < -0.39 is 90.4 Å². The van der Waals surface area contributed by atoms with Gasteiger partial charge in [0.1, 0.15) is 48.8 Å². The first-order chi connectivity index (χ1) is 26.7. The summed E-state index contributed by atoms with van der Waals surface area (Å²) in [4.78, 5) is 0. The monoisotopic (exact) mass is 927 g/mol.